The predicted molar refractivity (Wildman–Crippen MR) is 67.5 cm³/mol. The molecule has 0 aliphatic carbocycles. The van der Waals surface area contributed by atoms with Crippen molar-refractivity contribution in [3.63, 3.8) is 0 Å². The average Bonchev–Trinajstić information content (AvgIpc) is 2.80. The molecule has 5 nitrogen and oxygen atoms in total. The van der Waals surface area contributed by atoms with Crippen LogP contribution in [0.25, 0.3) is 0 Å². The highest BCUT2D eigenvalue weighted by molar-refractivity contribution is 8.00. The highest BCUT2D eigenvalue weighted by atomic mass is 32.2. The van der Waals surface area contributed by atoms with Crippen LogP contribution in [0, 0.1) is 0 Å². The molecular weight excluding hydrogens is 224 g/mol. The average molecular weight is 244 g/mol. The summed E-state index contributed by atoms with van der Waals surface area (Å²) in [5.41, 5.74) is 5.40. The second-order valence-corrected chi connectivity index (χ2v) is 4.93. The van der Waals surface area contributed by atoms with Gasteiger partial charge >= 0.3 is 6.01 Å². The van der Waals surface area contributed by atoms with Crippen LogP contribution in [0.4, 0.5) is 6.01 Å². The number of nitrogens with two attached hydrogens (primary N) is 1. The van der Waals surface area contributed by atoms with Crippen molar-refractivity contribution in [3.8, 4) is 0 Å². The van der Waals surface area contributed by atoms with Crippen LogP contribution in [0.1, 0.15) is 32.6 Å². The van der Waals surface area contributed by atoms with E-state index in [2.05, 4.69) is 35.6 Å². The third-order valence-corrected chi connectivity index (χ3v) is 4.51. The zero-order chi connectivity index (χ0) is 12.0. The molecule has 92 valence electrons. The molecule has 0 unspecified atom stereocenters. The van der Waals surface area contributed by atoms with Crippen LogP contribution in [0.3, 0.4) is 0 Å². The Morgan fingerprint density at radius 1 is 1.38 bits per heavy atom. The Bertz CT molecular complexity index is 303. The van der Waals surface area contributed by atoms with Crippen molar-refractivity contribution in [2.24, 2.45) is 5.73 Å². The summed E-state index contributed by atoms with van der Waals surface area (Å²) < 4.78 is 5.53. The van der Waals surface area contributed by atoms with Gasteiger partial charge in [0, 0.05) is 11.3 Å². The number of rotatable bonds is 7. The van der Waals surface area contributed by atoms with Crippen LogP contribution in [0.15, 0.2) is 4.42 Å². The molecule has 0 bridgehead atoms. The van der Waals surface area contributed by atoms with E-state index in [4.69, 9.17) is 10.2 Å². The molecule has 1 heterocycles. The van der Waals surface area contributed by atoms with E-state index in [-0.39, 0.29) is 11.3 Å². The molecule has 0 fully saturated rings. The summed E-state index contributed by atoms with van der Waals surface area (Å²) >= 11 is 1.87. The fraction of sp³-hybridized carbons (Fsp3) is 0.800. The van der Waals surface area contributed by atoms with Gasteiger partial charge in [-0.2, -0.15) is 11.8 Å². The van der Waals surface area contributed by atoms with E-state index in [1.165, 1.54) is 0 Å². The van der Waals surface area contributed by atoms with Gasteiger partial charge < -0.3 is 15.5 Å². The first-order chi connectivity index (χ1) is 7.69. The Kier molecular flexibility index (Phi) is 5.08. The summed E-state index contributed by atoms with van der Waals surface area (Å²) in [6.45, 7) is 5.50. The lowest BCUT2D eigenvalue weighted by molar-refractivity contribution is 0.497. The Labute approximate surface area is 101 Å². The Balaban J connectivity index is 2.55. The van der Waals surface area contributed by atoms with Gasteiger partial charge in [-0.1, -0.05) is 18.9 Å². The minimum absolute atomic E-state index is 0.233. The fourth-order valence-electron chi connectivity index (χ4n) is 1.51. The molecule has 0 spiro atoms. The molecule has 16 heavy (non-hydrogen) atoms. The van der Waals surface area contributed by atoms with E-state index < -0.39 is 0 Å². The molecule has 0 aliphatic heterocycles. The first kappa shape index (κ1) is 13.3. The van der Waals surface area contributed by atoms with Crippen molar-refractivity contribution >= 4 is 17.8 Å². The molecule has 0 aliphatic rings. The van der Waals surface area contributed by atoms with E-state index in [0.717, 1.165) is 19.4 Å². The Morgan fingerprint density at radius 2 is 2.06 bits per heavy atom. The van der Waals surface area contributed by atoms with Crippen molar-refractivity contribution in [2.45, 2.75) is 38.0 Å². The first-order valence-electron chi connectivity index (χ1n) is 5.51. The number of nitrogens with zero attached hydrogens (tertiary/aromatic N) is 2. The number of hydrogen-bond acceptors (Lipinski definition) is 6. The molecule has 6 heteroatoms. The SMILES string of the molecule is CCC(CC)(CNc1nnc(CN)o1)SC. The molecule has 1 aromatic heterocycles. The lowest BCUT2D eigenvalue weighted by atomic mass is 10.0. The van der Waals surface area contributed by atoms with Gasteiger partial charge in [-0.3, -0.25) is 0 Å². The van der Waals surface area contributed by atoms with E-state index in [1.807, 2.05) is 11.8 Å². The van der Waals surface area contributed by atoms with Crippen molar-refractivity contribution in [1.82, 2.24) is 10.2 Å². The minimum atomic E-state index is 0.233. The molecule has 0 aromatic carbocycles. The molecule has 1 aromatic rings. The summed E-state index contributed by atoms with van der Waals surface area (Å²) in [7, 11) is 0. The van der Waals surface area contributed by atoms with Gasteiger partial charge in [0.1, 0.15) is 0 Å². The number of aromatic nitrogens is 2. The van der Waals surface area contributed by atoms with Gasteiger partial charge in [-0.15, -0.1) is 5.10 Å². The van der Waals surface area contributed by atoms with Crippen molar-refractivity contribution in [2.75, 3.05) is 18.1 Å². The van der Waals surface area contributed by atoms with Gasteiger partial charge in [0.25, 0.3) is 0 Å². The lowest BCUT2D eigenvalue weighted by Crippen LogP contribution is -2.32. The summed E-state index contributed by atoms with van der Waals surface area (Å²) in [4.78, 5) is 0. The van der Waals surface area contributed by atoms with Crippen LogP contribution in [-0.4, -0.2) is 27.7 Å². The minimum Gasteiger partial charge on any atom is -0.407 e. The van der Waals surface area contributed by atoms with Crippen LogP contribution >= 0.6 is 11.8 Å². The third kappa shape index (κ3) is 3.12. The maximum absolute atomic E-state index is 5.40. The Hall–Kier alpha value is -0.750. The zero-order valence-corrected chi connectivity index (χ0v) is 10.9. The van der Waals surface area contributed by atoms with Gasteiger partial charge in [0.2, 0.25) is 5.89 Å². The maximum Gasteiger partial charge on any atom is 0.315 e. The molecular formula is C10H20N4OS. The molecule has 3 N–H and O–H groups in total. The summed E-state index contributed by atoms with van der Waals surface area (Å²) in [6, 6.07) is 0.459. The lowest BCUT2D eigenvalue weighted by Gasteiger charge is -2.29. The van der Waals surface area contributed by atoms with E-state index in [0.29, 0.717) is 11.9 Å². The number of thioether (sulfide) groups is 1. The van der Waals surface area contributed by atoms with E-state index in [1.54, 1.807) is 0 Å². The standard InChI is InChI=1S/C10H20N4OS/c1-4-10(5-2,16-3)7-12-9-14-13-8(6-11)15-9/h4-7,11H2,1-3H3,(H,12,14). The van der Waals surface area contributed by atoms with E-state index >= 15 is 0 Å². The number of anilines is 1. The molecule has 0 saturated heterocycles. The third-order valence-electron chi connectivity index (χ3n) is 2.92. The molecule has 0 amide bonds. The smallest absolute Gasteiger partial charge is 0.315 e. The summed E-state index contributed by atoms with van der Waals surface area (Å²) in [5.74, 6) is 0.463. The van der Waals surface area contributed by atoms with Gasteiger partial charge in [0.15, 0.2) is 0 Å². The summed E-state index contributed by atoms with van der Waals surface area (Å²) in [5, 5.41) is 10.9. The van der Waals surface area contributed by atoms with E-state index in [9.17, 15) is 0 Å². The highest BCUT2D eigenvalue weighted by Crippen LogP contribution is 2.30. The van der Waals surface area contributed by atoms with Gasteiger partial charge in [-0.05, 0) is 19.1 Å². The van der Waals surface area contributed by atoms with Crippen LogP contribution in [0.5, 0.6) is 0 Å². The van der Waals surface area contributed by atoms with Crippen LogP contribution < -0.4 is 11.1 Å². The second-order valence-electron chi connectivity index (χ2n) is 3.65. The maximum atomic E-state index is 5.40. The van der Waals surface area contributed by atoms with Crippen LogP contribution in [0.2, 0.25) is 0 Å². The molecule has 0 atom stereocenters. The molecule has 1 rings (SSSR count). The topological polar surface area (TPSA) is 77.0 Å². The largest absolute Gasteiger partial charge is 0.407 e. The predicted octanol–water partition coefficient (Wildman–Crippen LogP) is 1.86. The quantitative estimate of drug-likeness (QED) is 0.762. The fourth-order valence-corrected chi connectivity index (χ4v) is 2.30. The number of hydrogen-bond donors (Lipinski definition) is 2. The zero-order valence-electron chi connectivity index (χ0n) is 10.1. The summed E-state index contributed by atoms with van der Waals surface area (Å²) in [6.07, 6.45) is 4.35. The van der Waals surface area contributed by atoms with Crippen molar-refractivity contribution in [1.29, 1.82) is 0 Å². The van der Waals surface area contributed by atoms with Gasteiger partial charge in [-0.25, -0.2) is 0 Å². The molecule has 0 radical (unpaired) electrons. The highest BCUT2D eigenvalue weighted by Gasteiger charge is 2.25. The normalized spacial score (nSPS) is 11.8. The van der Waals surface area contributed by atoms with Gasteiger partial charge in [0.05, 0.1) is 6.54 Å². The van der Waals surface area contributed by atoms with Crippen LogP contribution in [-0.2, 0) is 6.54 Å². The van der Waals surface area contributed by atoms with Crippen molar-refractivity contribution < 1.29 is 4.42 Å². The van der Waals surface area contributed by atoms with Crippen molar-refractivity contribution in [3.05, 3.63) is 5.89 Å². The molecule has 0 saturated carbocycles. The second kappa shape index (κ2) is 6.10. The Morgan fingerprint density at radius 3 is 2.50 bits per heavy atom. The first-order valence-corrected chi connectivity index (χ1v) is 6.73. The monoisotopic (exact) mass is 244 g/mol. The number of nitrogens with one attached hydrogen (secondary N) is 1.